The third-order valence-electron chi connectivity index (χ3n) is 11.1. The van der Waals surface area contributed by atoms with Crippen LogP contribution in [0, 0.1) is 0 Å². The summed E-state index contributed by atoms with van der Waals surface area (Å²) in [5.41, 5.74) is 15.3. The Labute approximate surface area is 334 Å². The lowest BCUT2D eigenvalue weighted by molar-refractivity contribution is 1.28. The van der Waals surface area contributed by atoms with Crippen LogP contribution < -0.4 is 4.90 Å². The normalized spacial score (nSPS) is 11.2. The predicted molar refractivity (Wildman–Crippen MR) is 243 cm³/mol. The van der Waals surface area contributed by atoms with Crippen LogP contribution in [0.2, 0.25) is 0 Å². The second-order valence-corrected chi connectivity index (χ2v) is 14.5. The maximum atomic E-state index is 2.40. The Balaban J connectivity index is 1.09. The topological polar surface area (TPSA) is 3.24 Å². The van der Waals surface area contributed by atoms with Crippen LogP contribution in [0.25, 0.3) is 77.2 Å². The second kappa shape index (κ2) is 15.0. The minimum absolute atomic E-state index is 1.09. The summed E-state index contributed by atoms with van der Waals surface area (Å²) < 4.78 is 0. The number of benzene rings is 10. The van der Waals surface area contributed by atoms with Gasteiger partial charge in [0.15, 0.2) is 0 Å². The van der Waals surface area contributed by atoms with Crippen molar-refractivity contribution in [2.24, 2.45) is 0 Å². The highest BCUT2D eigenvalue weighted by Gasteiger charge is 2.19. The van der Waals surface area contributed by atoms with Crippen molar-refractivity contribution < 1.29 is 0 Å². The first-order valence-electron chi connectivity index (χ1n) is 19.6. The smallest absolute Gasteiger partial charge is 0.0540 e. The average molecular weight is 726 g/mol. The van der Waals surface area contributed by atoms with Gasteiger partial charge < -0.3 is 4.90 Å². The second-order valence-electron chi connectivity index (χ2n) is 14.5. The lowest BCUT2D eigenvalue weighted by Gasteiger charge is -2.28. The molecular formula is C56H39N. The fourth-order valence-electron chi connectivity index (χ4n) is 8.20. The number of nitrogens with zero attached hydrogens (tertiary/aromatic N) is 1. The van der Waals surface area contributed by atoms with Gasteiger partial charge in [-0.25, -0.2) is 0 Å². The molecule has 0 fully saturated rings. The minimum Gasteiger partial charge on any atom is -0.310 e. The zero-order valence-corrected chi connectivity index (χ0v) is 31.5. The van der Waals surface area contributed by atoms with E-state index in [9.17, 15) is 0 Å². The molecule has 10 rings (SSSR count). The van der Waals surface area contributed by atoms with Crippen molar-refractivity contribution in [2.45, 2.75) is 0 Å². The van der Waals surface area contributed by atoms with Crippen molar-refractivity contribution in [3.8, 4) is 55.6 Å². The molecule has 0 aliphatic carbocycles. The summed E-state index contributed by atoms with van der Waals surface area (Å²) >= 11 is 0. The molecule has 10 aromatic carbocycles. The fourth-order valence-corrected chi connectivity index (χ4v) is 8.20. The van der Waals surface area contributed by atoms with Gasteiger partial charge in [-0.3, -0.25) is 0 Å². The van der Waals surface area contributed by atoms with Crippen molar-refractivity contribution in [1.29, 1.82) is 0 Å². The van der Waals surface area contributed by atoms with E-state index in [0.717, 1.165) is 17.1 Å². The first-order chi connectivity index (χ1) is 28.3. The molecule has 0 aromatic heterocycles. The van der Waals surface area contributed by atoms with Crippen molar-refractivity contribution in [2.75, 3.05) is 4.90 Å². The highest BCUT2D eigenvalue weighted by atomic mass is 15.1. The van der Waals surface area contributed by atoms with Crippen molar-refractivity contribution >= 4 is 38.6 Å². The summed E-state index contributed by atoms with van der Waals surface area (Å²) in [6.45, 7) is 0. The molecule has 268 valence electrons. The van der Waals surface area contributed by atoms with Crippen LogP contribution >= 0.6 is 0 Å². The van der Waals surface area contributed by atoms with Gasteiger partial charge in [0.2, 0.25) is 0 Å². The van der Waals surface area contributed by atoms with Crippen LogP contribution in [-0.4, -0.2) is 0 Å². The van der Waals surface area contributed by atoms with E-state index in [2.05, 4.69) is 241 Å². The number of hydrogen-bond donors (Lipinski definition) is 0. The minimum atomic E-state index is 1.09. The summed E-state index contributed by atoms with van der Waals surface area (Å²) in [7, 11) is 0. The molecule has 0 atom stereocenters. The highest BCUT2D eigenvalue weighted by Crippen LogP contribution is 2.44. The predicted octanol–water partition coefficient (Wildman–Crippen LogP) is 15.8. The van der Waals surface area contributed by atoms with Gasteiger partial charge in [0.05, 0.1) is 5.69 Å². The van der Waals surface area contributed by atoms with Gasteiger partial charge >= 0.3 is 0 Å². The van der Waals surface area contributed by atoms with Crippen molar-refractivity contribution in [3.63, 3.8) is 0 Å². The van der Waals surface area contributed by atoms with E-state index < -0.39 is 0 Å². The molecule has 0 aliphatic heterocycles. The van der Waals surface area contributed by atoms with E-state index in [1.807, 2.05) is 0 Å². The van der Waals surface area contributed by atoms with Gasteiger partial charge in [-0.15, -0.1) is 0 Å². The van der Waals surface area contributed by atoms with E-state index in [1.165, 1.54) is 77.2 Å². The quantitative estimate of drug-likeness (QED) is 0.151. The molecule has 10 aromatic rings. The zero-order valence-electron chi connectivity index (χ0n) is 31.5. The molecule has 0 radical (unpaired) electrons. The Morgan fingerprint density at radius 3 is 1.42 bits per heavy atom. The largest absolute Gasteiger partial charge is 0.310 e. The molecule has 0 bridgehead atoms. The average Bonchev–Trinajstić information content (AvgIpc) is 3.30. The molecule has 0 heterocycles. The van der Waals surface area contributed by atoms with Gasteiger partial charge in [0.1, 0.15) is 0 Å². The Hall–Kier alpha value is -7.48. The Morgan fingerprint density at radius 2 is 0.702 bits per heavy atom. The molecule has 0 spiro atoms. The molecular weight excluding hydrogens is 687 g/mol. The first kappa shape index (κ1) is 34.0. The van der Waals surface area contributed by atoms with E-state index in [-0.39, 0.29) is 0 Å². The Kier molecular flexibility index (Phi) is 8.95. The third kappa shape index (κ3) is 6.66. The first-order valence-corrected chi connectivity index (χ1v) is 19.6. The molecule has 0 saturated heterocycles. The standard InChI is InChI=1S/C56H39N/c1-3-13-40(14-4-1)42-23-26-46(27-24-42)52-20-11-12-22-55(52)57(50-34-29-43(30-35-50)49-28-25-41-15-7-8-19-48(41)39-49)51-36-31-47(32-37-51)56-53-21-10-9-18-45(53)33-38-54(56)44-16-5-2-6-17-44/h1-39H. The van der Waals surface area contributed by atoms with E-state index in [0.29, 0.717) is 0 Å². The monoisotopic (exact) mass is 725 g/mol. The summed E-state index contributed by atoms with van der Waals surface area (Å²) in [5, 5.41) is 4.98. The number of hydrogen-bond acceptors (Lipinski definition) is 1. The molecule has 1 nitrogen and oxygen atoms in total. The zero-order chi connectivity index (χ0) is 38.0. The number of anilines is 3. The molecule has 0 amide bonds. The molecule has 0 unspecified atom stereocenters. The lowest BCUT2D eigenvalue weighted by Crippen LogP contribution is -2.11. The lowest BCUT2D eigenvalue weighted by atomic mass is 9.89. The number of rotatable bonds is 8. The maximum Gasteiger partial charge on any atom is 0.0540 e. The molecule has 0 aliphatic rings. The van der Waals surface area contributed by atoms with Crippen LogP contribution in [0.15, 0.2) is 237 Å². The fraction of sp³-hybridized carbons (Fsp3) is 0. The van der Waals surface area contributed by atoms with E-state index >= 15 is 0 Å². The summed E-state index contributed by atoms with van der Waals surface area (Å²) in [6.07, 6.45) is 0. The SMILES string of the molecule is c1ccc(-c2ccc(-c3ccccc3N(c3ccc(-c4ccc5ccccc5c4)cc3)c3ccc(-c4c(-c5ccccc5)ccc5ccccc45)cc3)cc2)cc1. The van der Waals surface area contributed by atoms with Crippen LogP contribution in [0.3, 0.4) is 0 Å². The van der Waals surface area contributed by atoms with Gasteiger partial charge in [0, 0.05) is 16.9 Å². The molecule has 1 heteroatoms. The van der Waals surface area contributed by atoms with Crippen LogP contribution in [0.4, 0.5) is 17.1 Å². The van der Waals surface area contributed by atoms with Crippen LogP contribution in [0.5, 0.6) is 0 Å². The summed E-state index contributed by atoms with van der Waals surface area (Å²) in [5.74, 6) is 0. The van der Waals surface area contributed by atoms with Crippen LogP contribution in [0.1, 0.15) is 0 Å². The van der Waals surface area contributed by atoms with Gasteiger partial charge in [-0.2, -0.15) is 0 Å². The maximum absolute atomic E-state index is 2.40. The van der Waals surface area contributed by atoms with Crippen LogP contribution in [-0.2, 0) is 0 Å². The van der Waals surface area contributed by atoms with E-state index in [4.69, 9.17) is 0 Å². The van der Waals surface area contributed by atoms with Gasteiger partial charge in [0.25, 0.3) is 0 Å². The summed E-state index contributed by atoms with van der Waals surface area (Å²) in [4.78, 5) is 2.40. The summed E-state index contributed by atoms with van der Waals surface area (Å²) in [6, 6.07) is 85.6. The van der Waals surface area contributed by atoms with E-state index in [1.54, 1.807) is 0 Å². The van der Waals surface area contributed by atoms with Gasteiger partial charge in [-0.05, 0) is 108 Å². The Morgan fingerprint density at radius 1 is 0.246 bits per heavy atom. The third-order valence-corrected chi connectivity index (χ3v) is 11.1. The number of fused-ring (bicyclic) bond motifs is 2. The van der Waals surface area contributed by atoms with Crippen molar-refractivity contribution in [1.82, 2.24) is 0 Å². The number of para-hydroxylation sites is 1. The molecule has 57 heavy (non-hydrogen) atoms. The Bertz CT molecular complexity index is 2970. The highest BCUT2D eigenvalue weighted by molar-refractivity contribution is 6.04. The molecule has 0 saturated carbocycles. The molecule has 0 N–H and O–H groups in total. The van der Waals surface area contributed by atoms with Crippen molar-refractivity contribution in [3.05, 3.63) is 237 Å². The van der Waals surface area contributed by atoms with Gasteiger partial charge in [-0.1, -0.05) is 200 Å².